The molecule has 2 heterocycles. The lowest BCUT2D eigenvalue weighted by Crippen LogP contribution is -1.99. The first-order valence-corrected chi connectivity index (χ1v) is 7.19. The SMILES string of the molecule is OC(CCc1ccc2c(c1)CCO2)c1occc1Br. The van der Waals surface area contributed by atoms with Crippen molar-refractivity contribution in [2.24, 2.45) is 0 Å². The van der Waals surface area contributed by atoms with Crippen LogP contribution < -0.4 is 4.74 Å². The predicted octanol–water partition coefficient (Wildman–Crippen LogP) is 3.64. The van der Waals surface area contributed by atoms with E-state index in [1.165, 1.54) is 11.1 Å². The lowest BCUT2D eigenvalue weighted by atomic mass is 10.0. The Hall–Kier alpha value is -1.26. The van der Waals surface area contributed by atoms with Crippen molar-refractivity contribution in [3.63, 3.8) is 0 Å². The van der Waals surface area contributed by atoms with E-state index >= 15 is 0 Å². The second-order valence-electron chi connectivity index (χ2n) is 4.73. The van der Waals surface area contributed by atoms with Crippen molar-refractivity contribution in [3.05, 3.63) is 51.9 Å². The van der Waals surface area contributed by atoms with Crippen molar-refractivity contribution in [2.75, 3.05) is 6.61 Å². The molecule has 100 valence electrons. The molecular weight excluding hydrogens is 308 g/mol. The van der Waals surface area contributed by atoms with Gasteiger partial charge in [0.05, 0.1) is 17.3 Å². The second-order valence-corrected chi connectivity index (χ2v) is 5.58. The summed E-state index contributed by atoms with van der Waals surface area (Å²) in [5.74, 6) is 1.60. The highest BCUT2D eigenvalue weighted by Gasteiger charge is 2.16. The molecule has 0 saturated heterocycles. The number of aliphatic hydroxyl groups is 1. The molecule has 0 spiro atoms. The average molecular weight is 323 g/mol. The lowest BCUT2D eigenvalue weighted by Gasteiger charge is -2.09. The molecule has 1 aromatic carbocycles. The number of hydrogen-bond donors (Lipinski definition) is 1. The first-order valence-electron chi connectivity index (χ1n) is 6.39. The van der Waals surface area contributed by atoms with Crippen molar-refractivity contribution < 1.29 is 14.3 Å². The van der Waals surface area contributed by atoms with Crippen LogP contribution in [-0.4, -0.2) is 11.7 Å². The minimum absolute atomic E-state index is 0.575. The van der Waals surface area contributed by atoms with Gasteiger partial charge in [0.1, 0.15) is 17.6 Å². The summed E-state index contributed by atoms with van der Waals surface area (Å²) in [7, 11) is 0. The highest BCUT2D eigenvalue weighted by atomic mass is 79.9. The second kappa shape index (κ2) is 5.39. The third kappa shape index (κ3) is 2.69. The highest BCUT2D eigenvalue weighted by Crippen LogP contribution is 2.29. The van der Waals surface area contributed by atoms with E-state index in [0.29, 0.717) is 12.2 Å². The molecular formula is C15H15BrO3. The van der Waals surface area contributed by atoms with Crippen LogP contribution in [0.4, 0.5) is 0 Å². The maximum absolute atomic E-state index is 10.1. The van der Waals surface area contributed by atoms with Crippen LogP contribution in [0.15, 0.2) is 39.4 Å². The number of fused-ring (bicyclic) bond motifs is 1. The molecule has 1 atom stereocenters. The molecule has 1 aliphatic heterocycles. The van der Waals surface area contributed by atoms with Crippen LogP contribution in [0.25, 0.3) is 0 Å². The van der Waals surface area contributed by atoms with Crippen LogP contribution in [0.5, 0.6) is 5.75 Å². The third-order valence-electron chi connectivity index (χ3n) is 3.41. The Morgan fingerprint density at radius 1 is 1.32 bits per heavy atom. The van der Waals surface area contributed by atoms with Crippen LogP contribution in [0.1, 0.15) is 29.4 Å². The van der Waals surface area contributed by atoms with Gasteiger partial charge in [-0.25, -0.2) is 0 Å². The summed E-state index contributed by atoms with van der Waals surface area (Å²) >= 11 is 3.36. The summed E-state index contributed by atoms with van der Waals surface area (Å²) in [6.45, 7) is 0.779. The molecule has 0 saturated carbocycles. The molecule has 3 nitrogen and oxygen atoms in total. The minimum atomic E-state index is -0.575. The summed E-state index contributed by atoms with van der Waals surface area (Å²) in [4.78, 5) is 0. The molecule has 4 heteroatoms. The summed E-state index contributed by atoms with van der Waals surface area (Å²) in [5.41, 5.74) is 2.50. The number of rotatable bonds is 4. The number of furan rings is 1. The maximum atomic E-state index is 10.1. The van der Waals surface area contributed by atoms with Crippen LogP contribution in [-0.2, 0) is 12.8 Å². The normalized spacial score (nSPS) is 15.1. The Morgan fingerprint density at radius 2 is 2.21 bits per heavy atom. The van der Waals surface area contributed by atoms with Gasteiger partial charge in [0.15, 0.2) is 0 Å². The smallest absolute Gasteiger partial charge is 0.146 e. The zero-order chi connectivity index (χ0) is 13.2. The van der Waals surface area contributed by atoms with Gasteiger partial charge in [0.2, 0.25) is 0 Å². The monoisotopic (exact) mass is 322 g/mol. The van der Waals surface area contributed by atoms with Gasteiger partial charge in [-0.1, -0.05) is 12.1 Å². The first-order chi connectivity index (χ1) is 9.24. The van der Waals surface area contributed by atoms with E-state index in [1.807, 2.05) is 6.07 Å². The van der Waals surface area contributed by atoms with Gasteiger partial charge in [-0.05, 0) is 52.0 Å². The largest absolute Gasteiger partial charge is 0.493 e. The van der Waals surface area contributed by atoms with Crippen molar-refractivity contribution >= 4 is 15.9 Å². The third-order valence-corrected chi connectivity index (χ3v) is 4.06. The standard InChI is InChI=1S/C15H15BrO3/c16-12-6-8-19-15(12)13(17)3-1-10-2-4-14-11(9-10)5-7-18-14/h2,4,6,8-9,13,17H,1,3,5,7H2. The molecule has 0 radical (unpaired) electrons. The van der Waals surface area contributed by atoms with Crippen molar-refractivity contribution in [1.82, 2.24) is 0 Å². The Balaban J connectivity index is 1.65. The predicted molar refractivity (Wildman–Crippen MR) is 75.3 cm³/mol. The summed E-state index contributed by atoms with van der Waals surface area (Å²) in [6, 6.07) is 8.05. The Bertz CT molecular complexity index is 577. The molecule has 0 fully saturated rings. The minimum Gasteiger partial charge on any atom is -0.493 e. The Labute approximate surface area is 120 Å². The van der Waals surface area contributed by atoms with Crippen LogP contribution in [0.3, 0.4) is 0 Å². The number of hydrogen-bond acceptors (Lipinski definition) is 3. The van der Waals surface area contributed by atoms with Gasteiger partial charge in [-0.15, -0.1) is 0 Å². The highest BCUT2D eigenvalue weighted by molar-refractivity contribution is 9.10. The molecule has 3 rings (SSSR count). The molecule has 2 aromatic rings. The van der Waals surface area contributed by atoms with Gasteiger partial charge >= 0.3 is 0 Å². The van der Waals surface area contributed by atoms with Gasteiger partial charge in [0.25, 0.3) is 0 Å². The Morgan fingerprint density at radius 3 is 3.00 bits per heavy atom. The fourth-order valence-electron chi connectivity index (χ4n) is 2.37. The van der Waals surface area contributed by atoms with Gasteiger partial charge < -0.3 is 14.3 Å². The molecule has 19 heavy (non-hydrogen) atoms. The summed E-state index contributed by atoms with van der Waals surface area (Å²) in [6.07, 6.45) is 3.45. The number of aryl methyl sites for hydroxylation is 1. The van der Waals surface area contributed by atoms with E-state index in [1.54, 1.807) is 12.3 Å². The van der Waals surface area contributed by atoms with E-state index < -0.39 is 6.10 Å². The Kier molecular flexibility index (Phi) is 3.62. The van der Waals surface area contributed by atoms with Gasteiger partial charge in [-0.2, -0.15) is 0 Å². The molecule has 0 amide bonds. The van der Waals surface area contributed by atoms with E-state index in [9.17, 15) is 5.11 Å². The zero-order valence-corrected chi connectivity index (χ0v) is 12.0. The van der Waals surface area contributed by atoms with Crippen LogP contribution in [0.2, 0.25) is 0 Å². The quantitative estimate of drug-likeness (QED) is 0.934. The van der Waals surface area contributed by atoms with E-state index in [0.717, 1.165) is 29.7 Å². The van der Waals surface area contributed by atoms with Gasteiger partial charge in [-0.3, -0.25) is 0 Å². The van der Waals surface area contributed by atoms with E-state index in [-0.39, 0.29) is 0 Å². The van der Waals surface area contributed by atoms with Crippen molar-refractivity contribution in [3.8, 4) is 5.75 Å². The maximum Gasteiger partial charge on any atom is 0.146 e. The number of benzene rings is 1. The van der Waals surface area contributed by atoms with Crippen molar-refractivity contribution in [1.29, 1.82) is 0 Å². The fourth-order valence-corrected chi connectivity index (χ4v) is 2.84. The topological polar surface area (TPSA) is 42.6 Å². The van der Waals surface area contributed by atoms with E-state index in [2.05, 4.69) is 28.1 Å². The van der Waals surface area contributed by atoms with Crippen molar-refractivity contribution in [2.45, 2.75) is 25.4 Å². The van der Waals surface area contributed by atoms with Gasteiger partial charge in [0, 0.05) is 6.42 Å². The number of halogens is 1. The molecule has 1 aliphatic rings. The molecule has 1 N–H and O–H groups in total. The number of aliphatic hydroxyl groups excluding tert-OH is 1. The summed E-state index contributed by atoms with van der Waals surface area (Å²) < 4.78 is 11.6. The summed E-state index contributed by atoms with van der Waals surface area (Å²) in [5, 5.41) is 10.1. The zero-order valence-electron chi connectivity index (χ0n) is 10.4. The molecule has 1 aromatic heterocycles. The van der Waals surface area contributed by atoms with Crippen LogP contribution >= 0.6 is 15.9 Å². The molecule has 1 unspecified atom stereocenters. The fraction of sp³-hybridized carbons (Fsp3) is 0.333. The lowest BCUT2D eigenvalue weighted by molar-refractivity contribution is 0.139. The molecule has 0 bridgehead atoms. The van der Waals surface area contributed by atoms with Crippen LogP contribution in [0, 0.1) is 0 Å². The molecule has 0 aliphatic carbocycles. The van der Waals surface area contributed by atoms with E-state index in [4.69, 9.17) is 9.15 Å². The number of ether oxygens (including phenoxy) is 1. The average Bonchev–Trinajstić information content (AvgIpc) is 3.03. The first kappa shape index (κ1) is 12.8.